The summed E-state index contributed by atoms with van der Waals surface area (Å²) in [6, 6.07) is 0. The first-order chi connectivity index (χ1) is 10.2. The zero-order valence-electron chi connectivity index (χ0n) is 12.3. The van der Waals surface area contributed by atoms with Crippen molar-refractivity contribution in [1.82, 2.24) is 15.3 Å². The van der Waals surface area contributed by atoms with Gasteiger partial charge in [0.1, 0.15) is 5.82 Å². The summed E-state index contributed by atoms with van der Waals surface area (Å²) in [7, 11) is 0. The maximum Gasteiger partial charge on any atom is 0.222 e. The Bertz CT molecular complexity index is 501. The first-order valence-corrected chi connectivity index (χ1v) is 7.81. The van der Waals surface area contributed by atoms with Crippen molar-refractivity contribution < 1.29 is 4.79 Å². The van der Waals surface area contributed by atoms with Crippen molar-refractivity contribution in [3.8, 4) is 0 Å². The Hall–Kier alpha value is -1.69. The molecule has 1 aromatic rings. The number of piperidine rings is 2. The third-order valence-electron chi connectivity index (χ3n) is 4.55. The number of anilines is 1. The van der Waals surface area contributed by atoms with Crippen molar-refractivity contribution in [2.24, 2.45) is 11.7 Å². The summed E-state index contributed by atoms with van der Waals surface area (Å²) < 4.78 is 0. The molecule has 0 bridgehead atoms. The number of hydrogen-bond acceptors (Lipinski definition) is 5. The topological polar surface area (TPSA) is 84.1 Å². The molecule has 2 fully saturated rings. The van der Waals surface area contributed by atoms with Gasteiger partial charge >= 0.3 is 0 Å². The van der Waals surface area contributed by atoms with E-state index in [0.717, 1.165) is 56.8 Å². The second-order valence-corrected chi connectivity index (χ2v) is 6.01. The smallest absolute Gasteiger partial charge is 0.222 e. The lowest BCUT2D eigenvalue weighted by molar-refractivity contribution is -0.122. The lowest BCUT2D eigenvalue weighted by Gasteiger charge is -2.32. The van der Waals surface area contributed by atoms with Crippen LogP contribution in [0.2, 0.25) is 0 Å². The molecule has 21 heavy (non-hydrogen) atoms. The predicted octanol–water partition coefficient (Wildman–Crippen LogP) is 0.645. The van der Waals surface area contributed by atoms with Crippen molar-refractivity contribution in [2.45, 2.75) is 31.6 Å². The Balaban J connectivity index is 1.74. The van der Waals surface area contributed by atoms with E-state index in [9.17, 15) is 4.79 Å². The molecule has 6 heteroatoms. The summed E-state index contributed by atoms with van der Waals surface area (Å²) >= 11 is 0. The minimum Gasteiger partial charge on any atom is -0.369 e. The highest BCUT2D eigenvalue weighted by Gasteiger charge is 2.25. The summed E-state index contributed by atoms with van der Waals surface area (Å²) in [6.07, 6.45) is 7.77. The Kier molecular flexibility index (Phi) is 4.34. The summed E-state index contributed by atoms with van der Waals surface area (Å²) in [5.74, 6) is 1.11. The van der Waals surface area contributed by atoms with E-state index < -0.39 is 0 Å². The largest absolute Gasteiger partial charge is 0.369 e. The SMILES string of the molecule is NC(=O)C1CCCN(c2cncc(C3CCNCC3)n2)C1. The van der Waals surface area contributed by atoms with Crippen molar-refractivity contribution >= 4 is 11.7 Å². The van der Waals surface area contributed by atoms with Gasteiger partial charge in [-0.05, 0) is 38.8 Å². The van der Waals surface area contributed by atoms with Gasteiger partial charge in [0.25, 0.3) is 0 Å². The van der Waals surface area contributed by atoms with Crippen LogP contribution < -0.4 is 16.0 Å². The molecule has 6 nitrogen and oxygen atoms in total. The third kappa shape index (κ3) is 3.32. The Morgan fingerprint density at radius 1 is 1.29 bits per heavy atom. The van der Waals surface area contributed by atoms with E-state index in [1.54, 1.807) is 6.20 Å². The number of rotatable bonds is 3. The molecule has 3 rings (SSSR count). The highest BCUT2D eigenvalue weighted by molar-refractivity contribution is 5.77. The Morgan fingerprint density at radius 3 is 2.86 bits per heavy atom. The van der Waals surface area contributed by atoms with E-state index >= 15 is 0 Å². The fourth-order valence-electron chi connectivity index (χ4n) is 3.25. The van der Waals surface area contributed by atoms with E-state index in [-0.39, 0.29) is 11.8 Å². The number of carbonyl (C=O) groups is 1. The highest BCUT2D eigenvalue weighted by Crippen LogP contribution is 2.26. The molecule has 2 aliphatic rings. The molecule has 0 spiro atoms. The number of primary amides is 1. The minimum absolute atomic E-state index is 0.0666. The van der Waals surface area contributed by atoms with Crippen molar-refractivity contribution in [3.63, 3.8) is 0 Å². The van der Waals surface area contributed by atoms with Gasteiger partial charge in [-0.15, -0.1) is 0 Å². The molecule has 114 valence electrons. The molecule has 1 atom stereocenters. The number of amides is 1. The van der Waals surface area contributed by atoms with Crippen molar-refractivity contribution in [1.29, 1.82) is 0 Å². The van der Waals surface area contributed by atoms with Gasteiger partial charge in [0.2, 0.25) is 5.91 Å². The van der Waals surface area contributed by atoms with Crippen LogP contribution in [-0.4, -0.2) is 42.1 Å². The summed E-state index contributed by atoms with van der Waals surface area (Å²) in [4.78, 5) is 22.7. The predicted molar refractivity (Wildman–Crippen MR) is 81.0 cm³/mol. The average Bonchev–Trinajstić information content (AvgIpc) is 2.56. The fraction of sp³-hybridized carbons (Fsp3) is 0.667. The minimum atomic E-state index is -0.206. The van der Waals surface area contributed by atoms with Crippen LogP contribution in [-0.2, 0) is 4.79 Å². The van der Waals surface area contributed by atoms with E-state index in [4.69, 9.17) is 10.7 Å². The zero-order valence-corrected chi connectivity index (χ0v) is 12.3. The number of nitrogens with one attached hydrogen (secondary N) is 1. The molecule has 3 heterocycles. The first kappa shape index (κ1) is 14.3. The first-order valence-electron chi connectivity index (χ1n) is 7.81. The maximum atomic E-state index is 11.4. The number of nitrogens with zero attached hydrogens (tertiary/aromatic N) is 3. The molecular formula is C15H23N5O. The van der Waals surface area contributed by atoms with Crippen LogP contribution in [0.15, 0.2) is 12.4 Å². The second kappa shape index (κ2) is 6.39. The number of hydrogen-bond donors (Lipinski definition) is 2. The molecule has 0 aliphatic carbocycles. The van der Waals surface area contributed by atoms with Gasteiger partial charge in [0.05, 0.1) is 17.8 Å². The van der Waals surface area contributed by atoms with Crippen LogP contribution >= 0.6 is 0 Å². The van der Waals surface area contributed by atoms with Crippen LogP contribution in [0.1, 0.15) is 37.3 Å². The lowest BCUT2D eigenvalue weighted by atomic mass is 9.95. The van der Waals surface area contributed by atoms with E-state index in [2.05, 4.69) is 15.2 Å². The number of nitrogens with two attached hydrogens (primary N) is 1. The second-order valence-electron chi connectivity index (χ2n) is 6.01. The molecule has 2 aliphatic heterocycles. The molecule has 3 N–H and O–H groups in total. The summed E-state index contributed by atoms with van der Waals surface area (Å²) in [5.41, 5.74) is 6.52. The maximum absolute atomic E-state index is 11.4. The zero-order chi connectivity index (χ0) is 14.7. The molecule has 2 saturated heterocycles. The van der Waals surface area contributed by atoms with E-state index in [1.807, 2.05) is 6.20 Å². The molecular weight excluding hydrogens is 266 g/mol. The molecule has 1 unspecified atom stereocenters. The van der Waals surface area contributed by atoms with Gasteiger partial charge in [0.15, 0.2) is 0 Å². The number of aromatic nitrogens is 2. The van der Waals surface area contributed by atoms with Crippen molar-refractivity contribution in [2.75, 3.05) is 31.1 Å². The standard InChI is InChI=1S/C15H23N5O/c16-15(21)12-2-1-7-20(10-12)14-9-18-8-13(19-14)11-3-5-17-6-4-11/h8-9,11-12,17H,1-7,10H2,(H2,16,21). The van der Waals surface area contributed by atoms with Gasteiger partial charge in [0, 0.05) is 25.2 Å². The quantitative estimate of drug-likeness (QED) is 0.853. The van der Waals surface area contributed by atoms with E-state index in [1.165, 1.54) is 0 Å². The normalized spacial score (nSPS) is 24.0. The molecule has 0 saturated carbocycles. The Labute approximate surface area is 125 Å². The van der Waals surface area contributed by atoms with Gasteiger partial charge in [-0.1, -0.05) is 0 Å². The van der Waals surface area contributed by atoms with E-state index in [0.29, 0.717) is 12.5 Å². The van der Waals surface area contributed by atoms with Gasteiger partial charge in [-0.25, -0.2) is 4.98 Å². The summed E-state index contributed by atoms with van der Waals surface area (Å²) in [5, 5.41) is 3.37. The Morgan fingerprint density at radius 2 is 2.10 bits per heavy atom. The lowest BCUT2D eigenvalue weighted by Crippen LogP contribution is -2.41. The van der Waals surface area contributed by atoms with Crippen LogP contribution in [0, 0.1) is 5.92 Å². The number of carbonyl (C=O) groups excluding carboxylic acids is 1. The monoisotopic (exact) mass is 289 g/mol. The van der Waals surface area contributed by atoms with Gasteiger partial charge < -0.3 is 16.0 Å². The third-order valence-corrected chi connectivity index (χ3v) is 4.55. The van der Waals surface area contributed by atoms with Crippen molar-refractivity contribution in [3.05, 3.63) is 18.1 Å². The van der Waals surface area contributed by atoms with Crippen LogP contribution in [0.4, 0.5) is 5.82 Å². The average molecular weight is 289 g/mol. The van der Waals surface area contributed by atoms with Gasteiger partial charge in [-0.2, -0.15) is 0 Å². The molecule has 0 radical (unpaired) electrons. The molecule has 0 aromatic carbocycles. The highest BCUT2D eigenvalue weighted by atomic mass is 16.1. The molecule has 1 amide bonds. The van der Waals surface area contributed by atoms with Crippen LogP contribution in [0.25, 0.3) is 0 Å². The van der Waals surface area contributed by atoms with Crippen LogP contribution in [0.5, 0.6) is 0 Å². The fourth-order valence-corrected chi connectivity index (χ4v) is 3.25. The van der Waals surface area contributed by atoms with Crippen LogP contribution in [0.3, 0.4) is 0 Å². The van der Waals surface area contributed by atoms with Gasteiger partial charge in [-0.3, -0.25) is 9.78 Å². The summed E-state index contributed by atoms with van der Waals surface area (Å²) in [6.45, 7) is 3.68. The molecule has 1 aromatic heterocycles.